The molecule has 0 aromatic carbocycles. The van der Waals surface area contributed by atoms with Crippen molar-refractivity contribution in [1.82, 2.24) is 0 Å². The molecule has 2 atom stereocenters. The molecule has 2 unspecified atom stereocenters. The molecule has 16 heavy (non-hydrogen) atoms. The van der Waals surface area contributed by atoms with Crippen LogP contribution in [0.1, 0.15) is 13.3 Å². The molecule has 8 nitrogen and oxygen atoms in total. The Balaban J connectivity index is -0.000000214. The van der Waals surface area contributed by atoms with Crippen molar-refractivity contribution >= 4 is 55.6 Å². The SMILES string of the molecule is CC(O)C(=O)O.O=C(O)CC(O)C(=O)O.[CaH2]. The third-order valence-electron chi connectivity index (χ3n) is 1.01. The molecule has 92 valence electrons. The topological polar surface area (TPSA) is 152 Å². The molecule has 0 bridgehead atoms. The molecule has 9 heteroatoms. The van der Waals surface area contributed by atoms with Crippen LogP contribution in [-0.2, 0) is 14.4 Å². The van der Waals surface area contributed by atoms with Crippen LogP contribution in [0.25, 0.3) is 0 Å². The summed E-state index contributed by atoms with van der Waals surface area (Å²) in [5.74, 6) is -4.03. The van der Waals surface area contributed by atoms with Crippen molar-refractivity contribution in [2.45, 2.75) is 25.6 Å². The quantitative estimate of drug-likeness (QED) is 0.348. The predicted octanol–water partition coefficient (Wildman–Crippen LogP) is -2.56. The van der Waals surface area contributed by atoms with Crippen molar-refractivity contribution in [3.05, 3.63) is 0 Å². The van der Waals surface area contributed by atoms with E-state index in [9.17, 15) is 14.4 Å². The van der Waals surface area contributed by atoms with E-state index in [-0.39, 0.29) is 37.7 Å². The Labute approximate surface area is 121 Å². The predicted molar refractivity (Wildman–Crippen MR) is 53.8 cm³/mol. The zero-order chi connectivity index (χ0) is 12.6. The zero-order valence-electron chi connectivity index (χ0n) is 7.82. The number of rotatable bonds is 4. The molecule has 0 radical (unpaired) electrons. The minimum absolute atomic E-state index is 0. The van der Waals surface area contributed by atoms with Crippen molar-refractivity contribution in [3.8, 4) is 0 Å². The first-order valence-corrected chi connectivity index (χ1v) is 3.72. The molecule has 0 aromatic rings. The maximum atomic E-state index is 9.72. The Hall–Kier alpha value is -0.410. The Morgan fingerprint density at radius 3 is 1.38 bits per heavy atom. The van der Waals surface area contributed by atoms with Gasteiger partial charge in [-0.3, -0.25) is 4.79 Å². The van der Waals surface area contributed by atoms with Crippen LogP contribution >= 0.6 is 0 Å². The van der Waals surface area contributed by atoms with Gasteiger partial charge in [-0.05, 0) is 6.92 Å². The van der Waals surface area contributed by atoms with Gasteiger partial charge in [0.1, 0.15) is 6.10 Å². The Morgan fingerprint density at radius 2 is 1.31 bits per heavy atom. The molecule has 0 spiro atoms. The first-order valence-electron chi connectivity index (χ1n) is 3.72. The Kier molecular flexibility index (Phi) is 14.5. The van der Waals surface area contributed by atoms with Crippen molar-refractivity contribution in [2.24, 2.45) is 0 Å². The fourth-order valence-corrected chi connectivity index (χ4v) is 0.253. The number of carbonyl (C=O) groups is 3. The second-order valence-corrected chi connectivity index (χ2v) is 2.47. The standard InChI is InChI=1S/C4H6O5.C3H6O3.Ca.2H/c5-2(4(8)9)1-3(6)7;1-2(4)3(5)6;;;/h2,5H,1H2,(H,6,7)(H,8,9);2,4H,1H3,(H,5,6);;;. The molecular formula is C7H14CaO8. The second kappa shape index (κ2) is 11.1. The van der Waals surface area contributed by atoms with Crippen molar-refractivity contribution in [3.63, 3.8) is 0 Å². The Bertz CT molecular complexity index is 239. The molecular weight excluding hydrogens is 252 g/mol. The third kappa shape index (κ3) is 16.0. The molecule has 0 aliphatic rings. The van der Waals surface area contributed by atoms with E-state index < -0.39 is 36.5 Å². The van der Waals surface area contributed by atoms with Gasteiger partial charge in [-0.25, -0.2) is 9.59 Å². The third-order valence-corrected chi connectivity index (χ3v) is 1.01. The van der Waals surface area contributed by atoms with Gasteiger partial charge >= 0.3 is 55.6 Å². The second-order valence-electron chi connectivity index (χ2n) is 2.47. The maximum absolute atomic E-state index is 9.72. The Morgan fingerprint density at radius 1 is 1.00 bits per heavy atom. The first-order chi connectivity index (χ1) is 6.68. The summed E-state index contributed by atoms with van der Waals surface area (Å²) in [6.45, 7) is 1.20. The van der Waals surface area contributed by atoms with E-state index in [1.54, 1.807) is 0 Å². The van der Waals surface area contributed by atoms with Crippen LogP contribution in [0.5, 0.6) is 0 Å². The van der Waals surface area contributed by atoms with E-state index in [0.717, 1.165) is 0 Å². The van der Waals surface area contributed by atoms with Crippen molar-refractivity contribution in [1.29, 1.82) is 0 Å². The summed E-state index contributed by atoms with van der Waals surface area (Å²) in [7, 11) is 0. The summed E-state index contributed by atoms with van der Waals surface area (Å²) in [5.41, 5.74) is 0. The van der Waals surface area contributed by atoms with E-state index >= 15 is 0 Å². The number of hydrogen-bond donors (Lipinski definition) is 5. The molecule has 0 fully saturated rings. The van der Waals surface area contributed by atoms with Gasteiger partial charge in [0, 0.05) is 0 Å². The summed E-state index contributed by atoms with van der Waals surface area (Å²) < 4.78 is 0. The van der Waals surface area contributed by atoms with E-state index in [1.165, 1.54) is 6.92 Å². The zero-order valence-corrected chi connectivity index (χ0v) is 7.82. The van der Waals surface area contributed by atoms with Gasteiger partial charge in [0.05, 0.1) is 6.42 Å². The van der Waals surface area contributed by atoms with Gasteiger partial charge in [0.2, 0.25) is 0 Å². The van der Waals surface area contributed by atoms with Gasteiger partial charge in [0.15, 0.2) is 6.10 Å². The number of aliphatic hydroxyl groups excluding tert-OH is 2. The van der Waals surface area contributed by atoms with Gasteiger partial charge in [0.25, 0.3) is 0 Å². The van der Waals surface area contributed by atoms with Crippen LogP contribution in [0.3, 0.4) is 0 Å². The molecule has 0 amide bonds. The van der Waals surface area contributed by atoms with Crippen LogP contribution in [0.2, 0.25) is 0 Å². The van der Waals surface area contributed by atoms with E-state index in [1.807, 2.05) is 0 Å². The van der Waals surface area contributed by atoms with Gasteiger partial charge in [-0.15, -0.1) is 0 Å². The minimum atomic E-state index is -1.79. The normalized spacial score (nSPS) is 12.2. The molecule has 0 aromatic heterocycles. The average Bonchev–Trinajstić information content (AvgIpc) is 2.03. The molecule has 0 aliphatic heterocycles. The molecule has 0 saturated carbocycles. The van der Waals surface area contributed by atoms with E-state index in [4.69, 9.17) is 25.5 Å². The summed E-state index contributed by atoms with van der Waals surface area (Å²) in [5, 5.41) is 39.9. The fourth-order valence-electron chi connectivity index (χ4n) is 0.253. The number of aliphatic carboxylic acids is 3. The first kappa shape index (κ1) is 20.9. The molecule has 0 saturated heterocycles. The summed E-state index contributed by atoms with van der Waals surface area (Å²) in [6.07, 6.45) is -3.78. The van der Waals surface area contributed by atoms with Crippen LogP contribution in [0.4, 0.5) is 0 Å². The van der Waals surface area contributed by atoms with Crippen molar-refractivity contribution < 1.29 is 39.9 Å². The molecule has 0 aliphatic carbocycles. The van der Waals surface area contributed by atoms with Crippen LogP contribution < -0.4 is 0 Å². The summed E-state index contributed by atoms with van der Waals surface area (Å²) in [4.78, 5) is 28.9. The summed E-state index contributed by atoms with van der Waals surface area (Å²) >= 11 is 0. The van der Waals surface area contributed by atoms with Crippen LogP contribution in [-0.4, -0.2) is 93.4 Å². The van der Waals surface area contributed by atoms with Gasteiger partial charge in [-0.2, -0.15) is 0 Å². The fraction of sp³-hybridized carbons (Fsp3) is 0.571. The monoisotopic (exact) mass is 266 g/mol. The molecule has 0 rings (SSSR count). The number of carboxylic acid groups (broad SMARTS) is 3. The van der Waals surface area contributed by atoms with Gasteiger partial charge < -0.3 is 25.5 Å². The molecule has 5 N–H and O–H groups in total. The van der Waals surface area contributed by atoms with Crippen LogP contribution in [0, 0.1) is 0 Å². The van der Waals surface area contributed by atoms with E-state index in [2.05, 4.69) is 0 Å². The summed E-state index contributed by atoms with van der Waals surface area (Å²) in [6, 6.07) is 0. The average molecular weight is 266 g/mol. The van der Waals surface area contributed by atoms with Crippen LogP contribution in [0.15, 0.2) is 0 Å². The van der Waals surface area contributed by atoms with Gasteiger partial charge in [-0.1, -0.05) is 0 Å². The number of aliphatic hydroxyl groups is 2. The van der Waals surface area contributed by atoms with E-state index in [0.29, 0.717) is 0 Å². The molecule has 0 heterocycles. The number of hydrogen-bond acceptors (Lipinski definition) is 5. The van der Waals surface area contributed by atoms with Crippen molar-refractivity contribution in [2.75, 3.05) is 0 Å². The number of carboxylic acids is 3.